The van der Waals surface area contributed by atoms with Gasteiger partial charge in [0.25, 0.3) is 0 Å². The first-order chi connectivity index (χ1) is 8.50. The highest BCUT2D eigenvalue weighted by molar-refractivity contribution is 7.12. The normalized spacial score (nSPS) is 12.6. The Bertz CT molecular complexity index is 390. The van der Waals surface area contributed by atoms with Gasteiger partial charge >= 0.3 is 5.97 Å². The number of aliphatic carboxylic acids is 1. The summed E-state index contributed by atoms with van der Waals surface area (Å²) >= 11 is 1.33. The largest absolute Gasteiger partial charge is 0.481 e. The molecule has 1 rings (SSSR count). The molecule has 0 radical (unpaired) electrons. The number of carboxylic acid groups (broad SMARTS) is 1. The zero-order chi connectivity index (χ0) is 13.5. The number of rotatable bonds is 8. The Morgan fingerprint density at radius 1 is 1.50 bits per heavy atom. The maximum absolute atomic E-state index is 12.1. The highest BCUT2D eigenvalue weighted by Crippen LogP contribution is 2.13. The van der Waals surface area contributed by atoms with Gasteiger partial charge in [-0.15, -0.1) is 11.3 Å². The summed E-state index contributed by atoms with van der Waals surface area (Å²) in [7, 11) is 3.85. The Labute approximate surface area is 110 Å². The molecular weight excluding hydrogens is 252 g/mol. The molecule has 5 nitrogen and oxygen atoms in total. The van der Waals surface area contributed by atoms with Crippen molar-refractivity contribution in [2.75, 3.05) is 27.2 Å². The van der Waals surface area contributed by atoms with Crippen LogP contribution in [0.5, 0.6) is 0 Å². The molecule has 0 aromatic carbocycles. The van der Waals surface area contributed by atoms with Crippen LogP contribution >= 0.6 is 11.3 Å². The van der Waals surface area contributed by atoms with Crippen LogP contribution in [-0.2, 0) is 4.79 Å². The van der Waals surface area contributed by atoms with Crippen molar-refractivity contribution < 1.29 is 14.7 Å². The summed E-state index contributed by atoms with van der Waals surface area (Å²) in [5, 5.41) is 13.7. The number of nitrogens with zero attached hydrogens (tertiary/aromatic N) is 1. The Kier molecular flexibility index (Phi) is 5.97. The fourth-order valence-electron chi connectivity index (χ4n) is 1.49. The zero-order valence-corrected chi connectivity index (χ0v) is 11.4. The van der Waals surface area contributed by atoms with Crippen LogP contribution in [0.1, 0.15) is 16.1 Å². The number of nitrogens with one attached hydrogen (secondary N) is 1. The minimum Gasteiger partial charge on any atom is -0.481 e. The number of ketones is 1. The molecule has 0 aliphatic heterocycles. The highest BCUT2D eigenvalue weighted by Gasteiger charge is 2.22. The molecule has 0 spiro atoms. The van der Waals surface area contributed by atoms with Crippen molar-refractivity contribution in [2.45, 2.75) is 12.5 Å². The monoisotopic (exact) mass is 270 g/mol. The van der Waals surface area contributed by atoms with Crippen molar-refractivity contribution in [3.8, 4) is 0 Å². The van der Waals surface area contributed by atoms with Gasteiger partial charge in [-0.25, -0.2) is 0 Å². The maximum atomic E-state index is 12.1. The van der Waals surface area contributed by atoms with Gasteiger partial charge in [0.15, 0.2) is 5.78 Å². The quantitative estimate of drug-likeness (QED) is 0.688. The van der Waals surface area contributed by atoms with Crippen LogP contribution in [0.25, 0.3) is 0 Å². The Balaban J connectivity index is 2.60. The topological polar surface area (TPSA) is 69.6 Å². The van der Waals surface area contributed by atoms with E-state index in [1.165, 1.54) is 11.3 Å². The predicted molar refractivity (Wildman–Crippen MR) is 71.2 cm³/mol. The first-order valence-electron chi connectivity index (χ1n) is 5.68. The van der Waals surface area contributed by atoms with Crippen LogP contribution in [0, 0.1) is 0 Å². The van der Waals surface area contributed by atoms with E-state index in [4.69, 9.17) is 5.11 Å². The number of carboxylic acids is 1. The molecule has 1 aromatic heterocycles. The van der Waals surface area contributed by atoms with Crippen LogP contribution in [0.15, 0.2) is 17.5 Å². The number of hydrogen-bond donors (Lipinski definition) is 2. The summed E-state index contributed by atoms with van der Waals surface area (Å²) in [6, 6.07) is 2.85. The average Bonchev–Trinajstić information content (AvgIpc) is 2.79. The Morgan fingerprint density at radius 3 is 2.72 bits per heavy atom. The lowest BCUT2D eigenvalue weighted by atomic mass is 10.1. The zero-order valence-electron chi connectivity index (χ0n) is 10.5. The summed E-state index contributed by atoms with van der Waals surface area (Å²) in [6.45, 7) is 1.34. The van der Waals surface area contributed by atoms with Gasteiger partial charge in [0, 0.05) is 13.1 Å². The molecule has 0 aliphatic rings. The van der Waals surface area contributed by atoms with E-state index in [0.29, 0.717) is 11.4 Å². The fourth-order valence-corrected chi connectivity index (χ4v) is 2.20. The summed E-state index contributed by atoms with van der Waals surface area (Å²) < 4.78 is 0. The molecule has 0 saturated carbocycles. The summed E-state index contributed by atoms with van der Waals surface area (Å²) in [5.74, 6) is -1.12. The van der Waals surface area contributed by atoms with Gasteiger partial charge in [-0.3, -0.25) is 9.59 Å². The average molecular weight is 270 g/mol. The molecule has 0 fully saturated rings. The second-order valence-corrected chi connectivity index (χ2v) is 5.20. The third-order valence-electron chi connectivity index (χ3n) is 2.41. The van der Waals surface area contributed by atoms with E-state index in [0.717, 1.165) is 6.54 Å². The van der Waals surface area contributed by atoms with E-state index < -0.39 is 12.0 Å². The van der Waals surface area contributed by atoms with Gasteiger partial charge in [0.05, 0.1) is 17.3 Å². The molecule has 0 saturated heterocycles. The third kappa shape index (κ3) is 4.95. The first-order valence-corrected chi connectivity index (χ1v) is 6.56. The molecule has 18 heavy (non-hydrogen) atoms. The minimum absolute atomic E-state index is 0.147. The molecule has 2 N–H and O–H groups in total. The number of carbonyl (C=O) groups is 2. The van der Waals surface area contributed by atoms with Gasteiger partial charge in [-0.05, 0) is 25.5 Å². The highest BCUT2D eigenvalue weighted by atomic mass is 32.1. The summed E-state index contributed by atoms with van der Waals surface area (Å²) in [6.07, 6.45) is -0.190. The lowest BCUT2D eigenvalue weighted by molar-refractivity contribution is -0.137. The van der Waals surface area contributed by atoms with Crippen molar-refractivity contribution in [2.24, 2.45) is 0 Å². The van der Waals surface area contributed by atoms with Crippen molar-refractivity contribution in [3.63, 3.8) is 0 Å². The number of Topliss-reactive ketones (excluding diaryl/α,β-unsaturated/α-hetero) is 1. The Morgan fingerprint density at radius 2 is 2.22 bits per heavy atom. The summed E-state index contributed by atoms with van der Waals surface area (Å²) in [5.41, 5.74) is 0. The van der Waals surface area contributed by atoms with E-state index in [-0.39, 0.29) is 12.2 Å². The molecule has 0 aliphatic carbocycles. The molecule has 0 amide bonds. The molecule has 6 heteroatoms. The number of hydrogen-bond acceptors (Lipinski definition) is 5. The van der Waals surface area contributed by atoms with Gasteiger partial charge in [0.2, 0.25) is 0 Å². The standard InChI is InChI=1S/C12H18N2O3S/c1-14(2)6-5-13-9(8-11(15)16)12(17)10-4-3-7-18-10/h3-4,7,9,13H,5-6,8H2,1-2H3,(H,15,16). The van der Waals surface area contributed by atoms with Crippen LogP contribution < -0.4 is 5.32 Å². The van der Waals surface area contributed by atoms with Crippen molar-refractivity contribution in [1.82, 2.24) is 10.2 Å². The molecular formula is C12H18N2O3S. The predicted octanol–water partition coefficient (Wildman–Crippen LogP) is 0.925. The van der Waals surface area contributed by atoms with E-state index >= 15 is 0 Å². The van der Waals surface area contributed by atoms with E-state index in [1.807, 2.05) is 24.4 Å². The molecule has 0 bridgehead atoms. The second-order valence-electron chi connectivity index (χ2n) is 4.25. The van der Waals surface area contributed by atoms with Gasteiger partial charge in [-0.2, -0.15) is 0 Å². The molecule has 1 aromatic rings. The number of likely N-dealkylation sites (N-methyl/N-ethyl adjacent to an activating group) is 1. The van der Waals surface area contributed by atoms with Gasteiger partial charge in [0.1, 0.15) is 0 Å². The first kappa shape index (κ1) is 14.8. The van der Waals surface area contributed by atoms with Crippen LogP contribution in [0.2, 0.25) is 0 Å². The molecule has 1 unspecified atom stereocenters. The molecule has 1 atom stereocenters. The third-order valence-corrected chi connectivity index (χ3v) is 3.29. The lowest BCUT2D eigenvalue weighted by Crippen LogP contribution is -2.41. The second kappa shape index (κ2) is 7.25. The SMILES string of the molecule is CN(C)CCNC(CC(=O)O)C(=O)c1cccs1. The van der Waals surface area contributed by atoms with Crippen molar-refractivity contribution in [3.05, 3.63) is 22.4 Å². The summed E-state index contributed by atoms with van der Waals surface area (Å²) in [4.78, 5) is 25.4. The van der Waals surface area contributed by atoms with Crippen molar-refractivity contribution >= 4 is 23.1 Å². The van der Waals surface area contributed by atoms with Crippen LogP contribution in [-0.4, -0.2) is 55.0 Å². The van der Waals surface area contributed by atoms with E-state index in [2.05, 4.69) is 5.32 Å². The molecule has 100 valence electrons. The lowest BCUT2D eigenvalue weighted by Gasteiger charge is -2.17. The van der Waals surface area contributed by atoms with Crippen molar-refractivity contribution in [1.29, 1.82) is 0 Å². The number of carbonyl (C=O) groups excluding carboxylic acids is 1. The Hall–Kier alpha value is -1.24. The fraction of sp³-hybridized carbons (Fsp3) is 0.500. The van der Waals surface area contributed by atoms with Gasteiger partial charge in [-0.1, -0.05) is 6.07 Å². The minimum atomic E-state index is -0.970. The van der Waals surface area contributed by atoms with Crippen LogP contribution in [0.4, 0.5) is 0 Å². The van der Waals surface area contributed by atoms with Crippen LogP contribution in [0.3, 0.4) is 0 Å². The van der Waals surface area contributed by atoms with E-state index in [1.54, 1.807) is 12.1 Å². The van der Waals surface area contributed by atoms with E-state index in [9.17, 15) is 9.59 Å². The molecule has 1 heterocycles. The van der Waals surface area contributed by atoms with Gasteiger partial charge < -0.3 is 15.3 Å². The maximum Gasteiger partial charge on any atom is 0.305 e. The smallest absolute Gasteiger partial charge is 0.305 e. The number of thiophene rings is 1.